The van der Waals surface area contributed by atoms with E-state index in [1.165, 1.54) is 6.08 Å². The molecule has 0 unspecified atom stereocenters. The van der Waals surface area contributed by atoms with Crippen LogP contribution >= 0.6 is 11.6 Å². The van der Waals surface area contributed by atoms with Gasteiger partial charge < -0.3 is 14.4 Å². The highest BCUT2D eigenvalue weighted by Crippen LogP contribution is 2.25. The van der Waals surface area contributed by atoms with Crippen molar-refractivity contribution >= 4 is 29.6 Å². The normalized spacial score (nSPS) is 14.9. The summed E-state index contributed by atoms with van der Waals surface area (Å²) in [6, 6.07) is 7.21. The lowest BCUT2D eigenvalue weighted by molar-refractivity contribution is 0.0181. The van der Waals surface area contributed by atoms with Crippen LogP contribution in [0, 0.1) is 5.92 Å². The molecule has 2 aromatic rings. The van der Waals surface area contributed by atoms with Gasteiger partial charge in [-0.3, -0.25) is 9.78 Å². The number of halogens is 1. The summed E-state index contributed by atoms with van der Waals surface area (Å²) in [5.74, 6) is 1.09. The fraction of sp³-hybridized carbons (Fsp3) is 0.444. The molecule has 1 saturated heterocycles. The average Bonchev–Trinajstić information content (AvgIpc) is 2.81. The number of aryl methyl sites for hydroxylation is 1. The van der Waals surface area contributed by atoms with E-state index in [9.17, 15) is 9.59 Å². The first kappa shape index (κ1) is 25.8. The maximum absolute atomic E-state index is 12.7. The number of aromatic nitrogens is 1. The van der Waals surface area contributed by atoms with E-state index >= 15 is 0 Å². The van der Waals surface area contributed by atoms with Crippen LogP contribution in [0.3, 0.4) is 0 Å². The molecule has 182 valence electrons. The molecule has 1 aromatic carbocycles. The highest BCUT2D eigenvalue weighted by molar-refractivity contribution is 6.32. The number of carbonyl (C=O) groups excluding carboxylic acids is 2. The number of methoxy groups -OCH3 is 1. The number of ketones is 1. The molecule has 0 N–H and O–H groups in total. The molecule has 0 spiro atoms. The van der Waals surface area contributed by atoms with Crippen molar-refractivity contribution in [2.45, 2.75) is 52.1 Å². The summed E-state index contributed by atoms with van der Waals surface area (Å²) < 4.78 is 10.7. The van der Waals surface area contributed by atoms with Gasteiger partial charge in [-0.1, -0.05) is 11.6 Å². The van der Waals surface area contributed by atoms with Crippen LogP contribution in [-0.2, 0) is 11.2 Å². The fourth-order valence-corrected chi connectivity index (χ4v) is 4.08. The number of allylic oxidation sites excluding steroid dienone is 1. The van der Waals surface area contributed by atoms with E-state index in [0.29, 0.717) is 35.3 Å². The Hall–Kier alpha value is -2.86. The second-order valence-electron chi connectivity index (χ2n) is 9.62. The van der Waals surface area contributed by atoms with Gasteiger partial charge in [0.1, 0.15) is 11.4 Å². The van der Waals surface area contributed by atoms with Gasteiger partial charge >= 0.3 is 6.09 Å². The quantitative estimate of drug-likeness (QED) is 0.344. The van der Waals surface area contributed by atoms with Crippen molar-refractivity contribution in [2.75, 3.05) is 20.2 Å². The Morgan fingerprint density at radius 2 is 1.91 bits per heavy atom. The summed E-state index contributed by atoms with van der Waals surface area (Å²) in [6.45, 7) is 7.08. The molecule has 0 radical (unpaired) electrons. The zero-order valence-electron chi connectivity index (χ0n) is 20.3. The summed E-state index contributed by atoms with van der Waals surface area (Å²) >= 11 is 6.22. The maximum Gasteiger partial charge on any atom is 0.410 e. The molecule has 0 saturated carbocycles. The van der Waals surface area contributed by atoms with Crippen LogP contribution in [0.25, 0.3) is 6.08 Å². The molecule has 7 heteroatoms. The van der Waals surface area contributed by atoms with Gasteiger partial charge in [-0.15, -0.1) is 0 Å². The second kappa shape index (κ2) is 11.5. The lowest BCUT2D eigenvalue weighted by atomic mass is 9.90. The van der Waals surface area contributed by atoms with Crippen molar-refractivity contribution in [1.29, 1.82) is 0 Å². The molecule has 34 heavy (non-hydrogen) atoms. The van der Waals surface area contributed by atoms with E-state index in [0.717, 1.165) is 36.8 Å². The zero-order valence-corrected chi connectivity index (χ0v) is 21.1. The summed E-state index contributed by atoms with van der Waals surface area (Å²) in [5.41, 5.74) is 1.83. The van der Waals surface area contributed by atoms with Crippen LogP contribution < -0.4 is 4.74 Å². The van der Waals surface area contributed by atoms with Gasteiger partial charge in [0.2, 0.25) is 0 Å². The van der Waals surface area contributed by atoms with Crippen molar-refractivity contribution in [3.8, 4) is 5.75 Å². The number of hydrogen-bond acceptors (Lipinski definition) is 5. The fourth-order valence-electron chi connectivity index (χ4n) is 3.90. The SMILES string of the molecule is COc1ccc(Cl)c(/C=C/C(=O)c2cncc(CCC3CCN(C(=O)OC(C)(C)C)CC3)c2)c1. The molecule has 2 heterocycles. The molecule has 0 bridgehead atoms. The van der Waals surface area contributed by atoms with Gasteiger partial charge in [-0.25, -0.2) is 4.79 Å². The summed E-state index contributed by atoms with van der Waals surface area (Å²) in [5, 5.41) is 0.550. The monoisotopic (exact) mass is 484 g/mol. The number of amides is 1. The minimum Gasteiger partial charge on any atom is -0.497 e. The van der Waals surface area contributed by atoms with E-state index in [1.807, 2.05) is 33.0 Å². The number of piperidine rings is 1. The first-order chi connectivity index (χ1) is 16.1. The van der Waals surface area contributed by atoms with E-state index in [2.05, 4.69) is 4.98 Å². The van der Waals surface area contributed by atoms with Gasteiger partial charge in [0.05, 0.1) is 7.11 Å². The van der Waals surface area contributed by atoms with Crippen LogP contribution in [0.2, 0.25) is 5.02 Å². The lowest BCUT2D eigenvalue weighted by Crippen LogP contribution is -2.41. The molecular formula is C27H33ClN2O4. The summed E-state index contributed by atoms with van der Waals surface area (Å²) in [6.07, 6.45) is 10.1. The maximum atomic E-state index is 12.7. The largest absolute Gasteiger partial charge is 0.497 e. The molecule has 1 aliphatic heterocycles. The van der Waals surface area contributed by atoms with Crippen LogP contribution in [0.4, 0.5) is 4.79 Å². The van der Waals surface area contributed by atoms with Crippen molar-refractivity contribution < 1.29 is 19.1 Å². The van der Waals surface area contributed by atoms with E-state index in [4.69, 9.17) is 21.1 Å². The van der Waals surface area contributed by atoms with E-state index in [1.54, 1.807) is 42.5 Å². The Kier molecular flexibility index (Phi) is 8.72. The molecule has 1 amide bonds. The predicted molar refractivity (Wildman–Crippen MR) is 134 cm³/mol. The molecule has 6 nitrogen and oxygen atoms in total. The first-order valence-electron chi connectivity index (χ1n) is 11.6. The molecule has 0 aliphatic carbocycles. The highest BCUT2D eigenvalue weighted by atomic mass is 35.5. The van der Waals surface area contributed by atoms with Crippen molar-refractivity contribution in [3.63, 3.8) is 0 Å². The van der Waals surface area contributed by atoms with Crippen LogP contribution in [0.15, 0.2) is 42.7 Å². The Labute approximate surface area is 206 Å². The minimum atomic E-state index is -0.473. The van der Waals surface area contributed by atoms with Crippen LogP contribution in [-0.4, -0.2) is 47.6 Å². The minimum absolute atomic E-state index is 0.126. The standard InChI is InChI=1S/C27H33ClN2O4/c1-27(2,3)34-26(32)30-13-11-19(12-14-30)5-6-20-15-22(18-29-17-20)25(31)10-7-21-16-23(33-4)8-9-24(21)28/h7-10,15-19H,5-6,11-14H2,1-4H3/b10-7+. The Balaban J connectivity index is 1.52. The number of carbonyl (C=O) groups is 2. The van der Waals surface area contributed by atoms with Crippen LogP contribution in [0.5, 0.6) is 5.75 Å². The smallest absolute Gasteiger partial charge is 0.410 e. The number of likely N-dealkylation sites (tertiary alicyclic amines) is 1. The van der Waals surface area contributed by atoms with Crippen molar-refractivity contribution in [3.05, 3.63) is 64.4 Å². The zero-order chi connectivity index (χ0) is 24.7. The first-order valence-corrected chi connectivity index (χ1v) is 12.0. The lowest BCUT2D eigenvalue weighted by Gasteiger charge is -2.33. The molecular weight excluding hydrogens is 452 g/mol. The number of ether oxygens (including phenoxy) is 2. The average molecular weight is 485 g/mol. The van der Waals surface area contributed by atoms with Crippen molar-refractivity contribution in [2.24, 2.45) is 5.92 Å². The number of nitrogens with zero attached hydrogens (tertiary/aromatic N) is 2. The number of pyridine rings is 1. The van der Waals surface area contributed by atoms with E-state index in [-0.39, 0.29) is 11.9 Å². The van der Waals surface area contributed by atoms with Crippen LogP contribution in [0.1, 0.15) is 61.5 Å². The van der Waals surface area contributed by atoms with Gasteiger partial charge in [0, 0.05) is 36.1 Å². The number of benzene rings is 1. The molecule has 0 atom stereocenters. The Bertz CT molecular complexity index is 1040. The van der Waals surface area contributed by atoms with E-state index < -0.39 is 5.60 Å². The predicted octanol–water partition coefficient (Wildman–Crippen LogP) is 6.22. The van der Waals surface area contributed by atoms with Crippen molar-refractivity contribution in [1.82, 2.24) is 9.88 Å². The number of rotatable bonds is 7. The third-order valence-electron chi connectivity index (χ3n) is 5.80. The summed E-state index contributed by atoms with van der Waals surface area (Å²) in [7, 11) is 1.59. The third-order valence-corrected chi connectivity index (χ3v) is 6.15. The molecule has 3 rings (SSSR count). The number of hydrogen-bond donors (Lipinski definition) is 0. The molecule has 1 aliphatic rings. The van der Waals surface area contributed by atoms with Gasteiger partial charge in [0.25, 0.3) is 0 Å². The second-order valence-corrected chi connectivity index (χ2v) is 10.0. The topological polar surface area (TPSA) is 68.7 Å². The van der Waals surface area contributed by atoms with Gasteiger partial charge in [-0.2, -0.15) is 0 Å². The highest BCUT2D eigenvalue weighted by Gasteiger charge is 2.26. The Morgan fingerprint density at radius 1 is 1.18 bits per heavy atom. The molecule has 1 fully saturated rings. The van der Waals surface area contributed by atoms with Gasteiger partial charge in [0.15, 0.2) is 5.78 Å². The molecule has 1 aromatic heterocycles. The van der Waals surface area contributed by atoms with Gasteiger partial charge in [-0.05, 0) is 99.9 Å². The third kappa shape index (κ3) is 7.59. The summed E-state index contributed by atoms with van der Waals surface area (Å²) in [4.78, 5) is 31.0. The Morgan fingerprint density at radius 3 is 2.59 bits per heavy atom.